The molecule has 1 aliphatic rings. The molecule has 0 amide bonds. The molecule has 1 aromatic carbocycles. The first-order chi connectivity index (χ1) is 11.0. The Kier molecular flexibility index (Phi) is 6.34. The van der Waals surface area contributed by atoms with Crippen LogP contribution in [0.1, 0.15) is 61.9 Å². The second-order valence-corrected chi connectivity index (χ2v) is 6.34. The lowest BCUT2D eigenvalue weighted by molar-refractivity contribution is -0.131. The molecule has 1 saturated heterocycles. The number of nitrogens with zero attached hydrogens (tertiary/aromatic N) is 1. The van der Waals surface area contributed by atoms with Crippen LogP contribution < -0.4 is 4.74 Å². The van der Waals surface area contributed by atoms with Gasteiger partial charge in [-0.3, -0.25) is 14.5 Å². The summed E-state index contributed by atoms with van der Waals surface area (Å²) in [6.45, 7) is 7.41. The molecule has 0 aliphatic carbocycles. The highest BCUT2D eigenvalue weighted by molar-refractivity contribution is 6.00. The van der Waals surface area contributed by atoms with Crippen LogP contribution in [0.15, 0.2) is 18.2 Å². The molecule has 126 valence electrons. The van der Waals surface area contributed by atoms with Gasteiger partial charge >= 0.3 is 5.97 Å². The number of Topliss-reactive ketones (excluding diaryl/α,β-unsaturated/α-hetero) is 1. The SMILES string of the molecule is CCCCC(C(=O)c1ccc(C)c(OC(C)=O)c1)N1CCCC1. The Labute approximate surface area is 138 Å². The predicted octanol–water partition coefficient (Wildman–Crippen LogP) is 3.76. The Hall–Kier alpha value is -1.68. The van der Waals surface area contributed by atoms with Crippen LogP contribution in [-0.4, -0.2) is 35.8 Å². The molecular weight excluding hydrogens is 290 g/mol. The Morgan fingerprint density at radius 3 is 2.57 bits per heavy atom. The van der Waals surface area contributed by atoms with Gasteiger partial charge in [-0.15, -0.1) is 0 Å². The van der Waals surface area contributed by atoms with Crippen molar-refractivity contribution in [2.45, 2.75) is 58.9 Å². The fraction of sp³-hybridized carbons (Fsp3) is 0.579. The second kappa shape index (κ2) is 8.25. The van der Waals surface area contributed by atoms with E-state index in [2.05, 4.69) is 11.8 Å². The van der Waals surface area contributed by atoms with E-state index in [-0.39, 0.29) is 17.8 Å². The van der Waals surface area contributed by atoms with Crippen molar-refractivity contribution >= 4 is 11.8 Å². The fourth-order valence-corrected chi connectivity index (χ4v) is 3.14. The number of hydrogen-bond donors (Lipinski definition) is 0. The van der Waals surface area contributed by atoms with Crippen LogP contribution in [0.4, 0.5) is 0 Å². The normalized spacial score (nSPS) is 16.3. The van der Waals surface area contributed by atoms with Gasteiger partial charge < -0.3 is 4.74 Å². The second-order valence-electron chi connectivity index (χ2n) is 6.34. The third-order valence-electron chi connectivity index (χ3n) is 4.44. The van der Waals surface area contributed by atoms with E-state index in [1.165, 1.54) is 19.8 Å². The van der Waals surface area contributed by atoms with Crippen molar-refractivity contribution in [2.24, 2.45) is 0 Å². The quantitative estimate of drug-likeness (QED) is 0.436. The number of unbranched alkanes of at least 4 members (excludes halogenated alkanes) is 1. The van der Waals surface area contributed by atoms with Crippen molar-refractivity contribution in [1.82, 2.24) is 4.90 Å². The molecule has 23 heavy (non-hydrogen) atoms. The molecule has 4 nitrogen and oxygen atoms in total. The summed E-state index contributed by atoms with van der Waals surface area (Å²) in [5.74, 6) is 0.271. The fourth-order valence-electron chi connectivity index (χ4n) is 3.14. The van der Waals surface area contributed by atoms with E-state index in [9.17, 15) is 9.59 Å². The highest BCUT2D eigenvalue weighted by Crippen LogP contribution is 2.24. The number of ketones is 1. The zero-order chi connectivity index (χ0) is 16.8. The minimum Gasteiger partial charge on any atom is -0.426 e. The van der Waals surface area contributed by atoms with Gasteiger partial charge in [-0.05, 0) is 50.9 Å². The average Bonchev–Trinajstić information content (AvgIpc) is 3.03. The zero-order valence-electron chi connectivity index (χ0n) is 14.4. The molecule has 0 aromatic heterocycles. The molecule has 1 unspecified atom stereocenters. The van der Waals surface area contributed by atoms with Crippen molar-refractivity contribution < 1.29 is 14.3 Å². The third kappa shape index (κ3) is 4.64. The summed E-state index contributed by atoms with van der Waals surface area (Å²) in [6, 6.07) is 5.37. The standard InChI is InChI=1S/C19H27NO3/c1-4-5-8-17(20-11-6-7-12-20)19(22)16-10-9-14(2)18(13-16)23-15(3)21/h9-10,13,17H,4-8,11-12H2,1-3H3. The van der Waals surface area contributed by atoms with E-state index in [1.54, 1.807) is 6.07 Å². The highest BCUT2D eigenvalue weighted by atomic mass is 16.5. The third-order valence-corrected chi connectivity index (χ3v) is 4.44. The number of benzene rings is 1. The van der Waals surface area contributed by atoms with Gasteiger partial charge in [0.25, 0.3) is 0 Å². The zero-order valence-corrected chi connectivity index (χ0v) is 14.4. The molecule has 2 rings (SSSR count). The Morgan fingerprint density at radius 2 is 1.96 bits per heavy atom. The van der Waals surface area contributed by atoms with E-state index in [1.807, 2.05) is 19.1 Å². The number of likely N-dealkylation sites (tertiary alicyclic amines) is 1. The van der Waals surface area contributed by atoms with Crippen molar-refractivity contribution in [3.8, 4) is 5.75 Å². The minimum atomic E-state index is -0.361. The van der Waals surface area contributed by atoms with Crippen LogP contribution in [-0.2, 0) is 4.79 Å². The number of aryl methyl sites for hydroxylation is 1. The van der Waals surface area contributed by atoms with Crippen LogP contribution in [0.5, 0.6) is 5.75 Å². The lowest BCUT2D eigenvalue weighted by atomic mass is 9.97. The lowest BCUT2D eigenvalue weighted by Crippen LogP contribution is -2.39. The Morgan fingerprint density at radius 1 is 1.26 bits per heavy atom. The average molecular weight is 317 g/mol. The summed E-state index contributed by atoms with van der Waals surface area (Å²) in [5, 5.41) is 0. The van der Waals surface area contributed by atoms with Crippen molar-refractivity contribution in [3.05, 3.63) is 29.3 Å². The lowest BCUT2D eigenvalue weighted by Gasteiger charge is -2.26. The minimum absolute atomic E-state index is 0.0506. The van der Waals surface area contributed by atoms with E-state index in [0.29, 0.717) is 11.3 Å². The van der Waals surface area contributed by atoms with Gasteiger partial charge in [-0.25, -0.2) is 0 Å². The van der Waals surface area contributed by atoms with E-state index in [4.69, 9.17) is 4.74 Å². The number of carbonyl (C=O) groups is 2. The van der Waals surface area contributed by atoms with Crippen molar-refractivity contribution in [2.75, 3.05) is 13.1 Å². The Balaban J connectivity index is 2.22. The molecule has 0 spiro atoms. The summed E-state index contributed by atoms with van der Waals surface area (Å²) in [6.07, 6.45) is 5.37. The molecule has 1 fully saturated rings. The van der Waals surface area contributed by atoms with Gasteiger partial charge in [0.05, 0.1) is 6.04 Å². The van der Waals surface area contributed by atoms with Crippen molar-refractivity contribution in [1.29, 1.82) is 0 Å². The molecular formula is C19H27NO3. The van der Waals surface area contributed by atoms with E-state index < -0.39 is 0 Å². The maximum absolute atomic E-state index is 13.0. The van der Waals surface area contributed by atoms with Gasteiger partial charge in [-0.2, -0.15) is 0 Å². The van der Waals surface area contributed by atoms with Gasteiger partial charge in [-0.1, -0.05) is 31.9 Å². The summed E-state index contributed by atoms with van der Waals surface area (Å²) in [7, 11) is 0. The monoisotopic (exact) mass is 317 g/mol. The highest BCUT2D eigenvalue weighted by Gasteiger charge is 2.28. The number of carbonyl (C=O) groups excluding carboxylic acids is 2. The molecule has 0 N–H and O–H groups in total. The first-order valence-corrected chi connectivity index (χ1v) is 8.60. The molecule has 1 atom stereocenters. The first kappa shape index (κ1) is 17.7. The maximum atomic E-state index is 13.0. The van der Waals surface area contributed by atoms with Gasteiger partial charge in [0, 0.05) is 12.5 Å². The number of rotatable bonds is 7. The van der Waals surface area contributed by atoms with Gasteiger partial charge in [0.2, 0.25) is 0 Å². The largest absolute Gasteiger partial charge is 0.426 e. The predicted molar refractivity (Wildman–Crippen MR) is 90.9 cm³/mol. The molecule has 0 radical (unpaired) electrons. The summed E-state index contributed by atoms with van der Waals surface area (Å²) in [4.78, 5) is 26.5. The topological polar surface area (TPSA) is 46.6 Å². The number of hydrogen-bond acceptors (Lipinski definition) is 4. The van der Waals surface area contributed by atoms with Gasteiger partial charge in [0.15, 0.2) is 5.78 Å². The molecule has 0 bridgehead atoms. The smallest absolute Gasteiger partial charge is 0.308 e. The summed E-state index contributed by atoms with van der Waals surface area (Å²) >= 11 is 0. The maximum Gasteiger partial charge on any atom is 0.308 e. The first-order valence-electron chi connectivity index (χ1n) is 8.60. The molecule has 0 saturated carbocycles. The van der Waals surface area contributed by atoms with Crippen LogP contribution in [0.2, 0.25) is 0 Å². The molecule has 4 heteroatoms. The molecule has 1 aromatic rings. The van der Waals surface area contributed by atoms with Crippen LogP contribution in [0.25, 0.3) is 0 Å². The molecule has 1 aliphatic heterocycles. The van der Waals surface area contributed by atoms with E-state index >= 15 is 0 Å². The van der Waals surface area contributed by atoms with Crippen LogP contribution in [0, 0.1) is 6.92 Å². The number of esters is 1. The van der Waals surface area contributed by atoms with Crippen molar-refractivity contribution in [3.63, 3.8) is 0 Å². The van der Waals surface area contributed by atoms with Crippen LogP contribution >= 0.6 is 0 Å². The number of ether oxygens (including phenoxy) is 1. The van der Waals surface area contributed by atoms with Crippen LogP contribution in [0.3, 0.4) is 0 Å². The summed E-state index contributed by atoms with van der Waals surface area (Å²) < 4.78 is 5.22. The van der Waals surface area contributed by atoms with Gasteiger partial charge in [0.1, 0.15) is 5.75 Å². The molecule has 1 heterocycles. The summed E-state index contributed by atoms with van der Waals surface area (Å²) in [5.41, 5.74) is 1.50. The van der Waals surface area contributed by atoms with E-state index in [0.717, 1.165) is 37.9 Å². The Bertz CT molecular complexity index is 562.